The van der Waals surface area contributed by atoms with Crippen molar-refractivity contribution in [2.24, 2.45) is 34.5 Å². The molecule has 8 aliphatic rings. The highest BCUT2D eigenvalue weighted by Gasteiger charge is 2.85. The second kappa shape index (κ2) is 11.8. The van der Waals surface area contributed by atoms with Crippen LogP contribution in [0.25, 0.3) is 11.6 Å². The molecule has 0 amide bonds. The van der Waals surface area contributed by atoms with E-state index in [9.17, 15) is 9.90 Å². The van der Waals surface area contributed by atoms with E-state index in [-0.39, 0.29) is 58.1 Å². The molecule has 53 heavy (non-hydrogen) atoms. The maximum Gasteiger partial charge on any atom is 0.178 e. The predicted octanol–water partition coefficient (Wildman–Crippen LogP) is 9.27. The lowest BCUT2D eigenvalue weighted by molar-refractivity contribution is -0.361. The number of allylic oxidation sites excluding steroid dienone is 3. The van der Waals surface area contributed by atoms with Crippen LogP contribution in [0.4, 0.5) is 0 Å². The molecule has 4 unspecified atom stereocenters. The standard InChI is InChI=1S/C44H61NO6.C2H6/c1-23(2)19-32-49-35-28-22-43(28)31(48-37(35)40(8,9)50-32)16-17-41(10)42(11)25(15-18-44(41,43)47)21-26-33-24(3)20-27-34(39(6,7)51-38(27,4)5)30(46)14-12-13-29(33)45-36(26)42;1-2/h12-13,19,25,27-28,31-32,34-35,37,45,47H,3,14-18,20-22H2,1-2,4-11H3;1-2H3/b13-12-;/t25?,27?,28-,31?,32+,34?,35+,37+,41-,42-,43+,44+;/m1./s1. The van der Waals surface area contributed by atoms with Crippen molar-refractivity contribution in [3.8, 4) is 0 Å². The number of ether oxygens (including phenoxy) is 4. The first-order chi connectivity index (χ1) is 24.7. The molecule has 0 radical (unpaired) electrons. The molecule has 7 nitrogen and oxygen atoms in total. The zero-order valence-corrected chi connectivity index (χ0v) is 34.7. The van der Waals surface area contributed by atoms with Crippen LogP contribution >= 0.6 is 0 Å². The first-order valence-electron chi connectivity index (χ1n) is 20.9. The summed E-state index contributed by atoms with van der Waals surface area (Å²) in [5.74, 6) is 0.759. The summed E-state index contributed by atoms with van der Waals surface area (Å²) >= 11 is 0. The van der Waals surface area contributed by atoms with Gasteiger partial charge in [-0.05, 0) is 135 Å². The van der Waals surface area contributed by atoms with Crippen molar-refractivity contribution in [2.45, 2.75) is 187 Å². The number of hydrogen-bond acceptors (Lipinski definition) is 6. The minimum Gasteiger partial charge on any atom is -0.389 e. The summed E-state index contributed by atoms with van der Waals surface area (Å²) in [6.45, 7) is 30.5. The van der Waals surface area contributed by atoms with E-state index in [1.54, 1.807) is 0 Å². The summed E-state index contributed by atoms with van der Waals surface area (Å²) < 4.78 is 26.9. The predicted molar refractivity (Wildman–Crippen MR) is 209 cm³/mol. The second-order valence-corrected chi connectivity index (χ2v) is 20.2. The van der Waals surface area contributed by atoms with Crippen LogP contribution in [0.15, 0.2) is 24.3 Å². The zero-order chi connectivity index (χ0) is 38.5. The van der Waals surface area contributed by atoms with Gasteiger partial charge in [0.1, 0.15) is 11.9 Å². The van der Waals surface area contributed by atoms with Gasteiger partial charge >= 0.3 is 0 Å². The minimum absolute atomic E-state index is 0.0138. The monoisotopic (exact) mass is 729 g/mol. The number of nitrogens with one attached hydrogen (secondary N) is 1. The van der Waals surface area contributed by atoms with E-state index in [1.165, 1.54) is 22.4 Å². The Balaban J connectivity index is 0.00000197. The molecule has 7 heteroatoms. The Bertz CT molecular complexity index is 1780. The van der Waals surface area contributed by atoms with Crippen LogP contribution in [0.2, 0.25) is 0 Å². The van der Waals surface area contributed by atoms with E-state index >= 15 is 0 Å². The number of H-pyrrole nitrogens is 1. The molecule has 12 atom stereocenters. The van der Waals surface area contributed by atoms with Gasteiger partial charge in [0.25, 0.3) is 0 Å². The van der Waals surface area contributed by atoms with Crippen LogP contribution in [-0.2, 0) is 35.6 Å². The van der Waals surface area contributed by atoms with Crippen LogP contribution in [0.1, 0.15) is 151 Å². The molecule has 0 aromatic carbocycles. The Kier molecular flexibility index (Phi) is 8.40. The van der Waals surface area contributed by atoms with E-state index in [1.807, 2.05) is 13.8 Å². The van der Waals surface area contributed by atoms with Gasteiger partial charge < -0.3 is 29.0 Å². The Morgan fingerprint density at radius 3 is 2.36 bits per heavy atom. The number of aromatic amines is 1. The Hall–Kier alpha value is -2.03. The fourth-order valence-electron chi connectivity index (χ4n) is 14.1. The average molecular weight is 730 g/mol. The summed E-state index contributed by atoms with van der Waals surface area (Å²) in [5, 5.41) is 13.6. The second-order valence-electron chi connectivity index (χ2n) is 20.2. The van der Waals surface area contributed by atoms with Crippen molar-refractivity contribution in [2.75, 3.05) is 0 Å². The molecule has 2 N–H and O–H groups in total. The third-order valence-corrected chi connectivity index (χ3v) is 16.4. The van der Waals surface area contributed by atoms with E-state index in [0.29, 0.717) is 12.3 Å². The number of ketones is 1. The highest BCUT2D eigenvalue weighted by atomic mass is 16.7. The molecule has 1 aromatic heterocycles. The van der Waals surface area contributed by atoms with Gasteiger partial charge in [0.15, 0.2) is 6.29 Å². The Morgan fingerprint density at radius 2 is 1.66 bits per heavy atom. The summed E-state index contributed by atoms with van der Waals surface area (Å²) in [6.07, 6.45) is 12.2. The fourth-order valence-corrected chi connectivity index (χ4v) is 14.1. The molecule has 4 heterocycles. The molecule has 3 saturated carbocycles. The molecule has 6 fully saturated rings. The van der Waals surface area contributed by atoms with Gasteiger partial charge in [-0.15, -0.1) is 0 Å². The van der Waals surface area contributed by atoms with E-state index in [4.69, 9.17) is 25.5 Å². The number of aromatic nitrogens is 1. The number of rotatable bonds is 1. The summed E-state index contributed by atoms with van der Waals surface area (Å²) in [5.41, 5.74) is 3.89. The Morgan fingerprint density at radius 1 is 0.943 bits per heavy atom. The molecule has 3 saturated heterocycles. The van der Waals surface area contributed by atoms with Gasteiger partial charge in [-0.3, -0.25) is 4.79 Å². The van der Waals surface area contributed by atoms with Gasteiger partial charge in [-0.1, -0.05) is 45.9 Å². The van der Waals surface area contributed by atoms with Crippen molar-refractivity contribution in [1.29, 1.82) is 0 Å². The number of Topliss-reactive ketones (excluding diaryl/α,β-unsaturated/α-hetero) is 1. The number of carbonyl (C=O) groups is 1. The molecule has 0 bridgehead atoms. The largest absolute Gasteiger partial charge is 0.389 e. The van der Waals surface area contributed by atoms with Crippen molar-refractivity contribution >= 4 is 17.4 Å². The number of fused-ring (bicyclic) bond motifs is 10. The van der Waals surface area contributed by atoms with Gasteiger partial charge in [-0.25, -0.2) is 0 Å². The first-order valence-corrected chi connectivity index (χ1v) is 20.9. The quantitative estimate of drug-likeness (QED) is 0.280. The van der Waals surface area contributed by atoms with Gasteiger partial charge in [0.2, 0.25) is 0 Å². The number of aliphatic hydroxyl groups is 1. The SMILES string of the molecule is C=C1CC2C(C(=O)C/C=C\c3[nH]c4c(c31)CC1CC[C@]3(O)[C@](C)(CCC5O[C@H]6[C@@H](O[C@H](C=C(C)C)OC6(C)C)[C@H]6C[C@@]563)[C@@]41C)C(C)(C)OC2(C)C.CC. The summed E-state index contributed by atoms with van der Waals surface area (Å²) in [4.78, 5) is 17.7. The molecule has 1 aromatic rings. The molecule has 292 valence electrons. The van der Waals surface area contributed by atoms with Crippen LogP contribution in [0.5, 0.6) is 0 Å². The van der Waals surface area contributed by atoms with E-state index in [2.05, 4.69) is 92.4 Å². The molecule has 9 rings (SSSR count). The molecule has 1 spiro atoms. The number of carbonyl (C=O) groups excluding carboxylic acids is 1. The van der Waals surface area contributed by atoms with Crippen LogP contribution in [0, 0.1) is 34.5 Å². The molecule has 3 aliphatic heterocycles. The summed E-state index contributed by atoms with van der Waals surface area (Å²) in [6, 6.07) is 0. The third-order valence-electron chi connectivity index (χ3n) is 16.4. The van der Waals surface area contributed by atoms with Crippen molar-refractivity contribution in [3.05, 3.63) is 46.8 Å². The number of hydrogen-bond donors (Lipinski definition) is 2. The lowest BCUT2D eigenvalue weighted by Crippen LogP contribution is -2.74. The van der Waals surface area contributed by atoms with Crippen LogP contribution in [-0.4, -0.2) is 62.9 Å². The lowest BCUT2D eigenvalue weighted by Gasteiger charge is -2.68. The first kappa shape index (κ1) is 37.9. The highest BCUT2D eigenvalue weighted by Crippen LogP contribution is 2.81. The fraction of sp³-hybridized carbons (Fsp3) is 0.761. The maximum absolute atomic E-state index is 13.8. The smallest absolute Gasteiger partial charge is 0.178 e. The highest BCUT2D eigenvalue weighted by molar-refractivity contribution is 5.87. The maximum atomic E-state index is 13.8. The van der Waals surface area contributed by atoms with Crippen molar-refractivity contribution < 1.29 is 28.8 Å². The van der Waals surface area contributed by atoms with E-state index < -0.39 is 28.7 Å². The molecule has 5 aliphatic carbocycles. The molecular formula is C46H67NO6. The van der Waals surface area contributed by atoms with Crippen molar-refractivity contribution in [1.82, 2.24) is 4.98 Å². The molecular weight excluding hydrogens is 663 g/mol. The lowest BCUT2D eigenvalue weighted by atomic mass is 9.40. The van der Waals surface area contributed by atoms with Crippen LogP contribution in [0.3, 0.4) is 0 Å². The van der Waals surface area contributed by atoms with Gasteiger partial charge in [0, 0.05) is 45.5 Å². The average Bonchev–Trinajstić information content (AvgIpc) is 3.57. The third kappa shape index (κ3) is 4.79. The minimum atomic E-state index is -0.902. The van der Waals surface area contributed by atoms with E-state index in [0.717, 1.165) is 56.2 Å². The zero-order valence-electron chi connectivity index (χ0n) is 34.7. The Labute approximate surface area is 318 Å². The van der Waals surface area contributed by atoms with Gasteiger partial charge in [0.05, 0.1) is 40.5 Å². The van der Waals surface area contributed by atoms with Crippen LogP contribution < -0.4 is 0 Å². The summed E-state index contributed by atoms with van der Waals surface area (Å²) in [7, 11) is 0. The van der Waals surface area contributed by atoms with Gasteiger partial charge in [-0.2, -0.15) is 0 Å². The van der Waals surface area contributed by atoms with Crippen molar-refractivity contribution in [3.63, 3.8) is 0 Å². The normalized spacial score (nSPS) is 47.0. The topological polar surface area (TPSA) is 90.0 Å².